The van der Waals surface area contributed by atoms with Gasteiger partial charge in [-0.1, -0.05) is 6.07 Å². The second-order valence-electron chi connectivity index (χ2n) is 4.37. The van der Waals surface area contributed by atoms with Crippen molar-refractivity contribution >= 4 is 11.5 Å². The standard InChI is InChI=1S/C13H16FNO/c1-9-5-4-8-15(9)12-7-3-6-11(14)13(12)10(2)16/h3,6-7,9H,4-5,8H2,1-2H3. The normalized spacial score (nSPS) is 20.2. The lowest BCUT2D eigenvalue weighted by atomic mass is 10.1. The number of halogens is 1. The van der Waals surface area contributed by atoms with E-state index in [2.05, 4.69) is 11.8 Å². The van der Waals surface area contributed by atoms with Crippen LogP contribution in [0.3, 0.4) is 0 Å². The predicted octanol–water partition coefficient (Wildman–Crippen LogP) is 3.02. The van der Waals surface area contributed by atoms with Gasteiger partial charge >= 0.3 is 0 Å². The van der Waals surface area contributed by atoms with Crippen molar-refractivity contribution in [2.45, 2.75) is 32.7 Å². The third-order valence-electron chi connectivity index (χ3n) is 3.21. The minimum absolute atomic E-state index is 0.202. The van der Waals surface area contributed by atoms with Crippen LogP contribution in [0.5, 0.6) is 0 Å². The number of nitrogens with zero attached hydrogens (tertiary/aromatic N) is 1. The molecule has 1 saturated heterocycles. The van der Waals surface area contributed by atoms with Crippen LogP contribution in [-0.2, 0) is 0 Å². The summed E-state index contributed by atoms with van der Waals surface area (Å²) in [4.78, 5) is 13.6. The van der Waals surface area contributed by atoms with Gasteiger partial charge in [0.15, 0.2) is 5.78 Å². The van der Waals surface area contributed by atoms with Gasteiger partial charge in [-0.2, -0.15) is 0 Å². The SMILES string of the molecule is CC(=O)c1c(F)cccc1N1CCCC1C. The summed E-state index contributed by atoms with van der Waals surface area (Å²) in [6.07, 6.45) is 2.21. The molecule has 0 radical (unpaired) electrons. The van der Waals surface area contributed by atoms with Crippen LogP contribution in [0.1, 0.15) is 37.0 Å². The van der Waals surface area contributed by atoms with E-state index in [0.29, 0.717) is 6.04 Å². The van der Waals surface area contributed by atoms with E-state index in [1.54, 1.807) is 6.07 Å². The lowest BCUT2D eigenvalue weighted by Crippen LogP contribution is -2.28. The molecule has 1 atom stereocenters. The molecule has 1 heterocycles. The first-order valence-electron chi connectivity index (χ1n) is 5.67. The van der Waals surface area contributed by atoms with Crippen LogP contribution in [0.2, 0.25) is 0 Å². The Bertz CT molecular complexity index is 416. The highest BCUT2D eigenvalue weighted by molar-refractivity contribution is 6.00. The van der Waals surface area contributed by atoms with E-state index < -0.39 is 5.82 Å². The van der Waals surface area contributed by atoms with E-state index >= 15 is 0 Å². The minimum Gasteiger partial charge on any atom is -0.368 e. The maximum atomic E-state index is 13.6. The molecule has 16 heavy (non-hydrogen) atoms. The summed E-state index contributed by atoms with van der Waals surface area (Å²) in [5.74, 6) is -0.615. The smallest absolute Gasteiger partial charge is 0.164 e. The first kappa shape index (κ1) is 11.1. The fourth-order valence-electron chi connectivity index (χ4n) is 2.39. The van der Waals surface area contributed by atoms with Crippen LogP contribution in [0.15, 0.2) is 18.2 Å². The lowest BCUT2D eigenvalue weighted by molar-refractivity contribution is 0.101. The molecule has 1 fully saturated rings. The molecule has 3 heteroatoms. The Morgan fingerprint density at radius 2 is 2.25 bits per heavy atom. The van der Waals surface area contributed by atoms with Gasteiger partial charge in [0.05, 0.1) is 11.3 Å². The van der Waals surface area contributed by atoms with E-state index in [1.807, 2.05) is 6.07 Å². The number of carbonyl (C=O) groups is 1. The number of carbonyl (C=O) groups excluding carboxylic acids is 1. The van der Waals surface area contributed by atoms with Crippen LogP contribution < -0.4 is 4.90 Å². The Morgan fingerprint density at radius 3 is 2.81 bits per heavy atom. The second-order valence-corrected chi connectivity index (χ2v) is 4.37. The van der Waals surface area contributed by atoms with Crippen LogP contribution in [0.25, 0.3) is 0 Å². The van der Waals surface area contributed by atoms with Gasteiger partial charge in [-0.3, -0.25) is 4.79 Å². The molecule has 1 aromatic carbocycles. The van der Waals surface area contributed by atoms with Crippen molar-refractivity contribution in [3.05, 3.63) is 29.6 Å². The predicted molar refractivity (Wildman–Crippen MR) is 62.4 cm³/mol. The van der Waals surface area contributed by atoms with Crippen LogP contribution in [0, 0.1) is 5.82 Å². The average Bonchev–Trinajstić information content (AvgIpc) is 2.63. The van der Waals surface area contributed by atoms with Crippen molar-refractivity contribution in [3.63, 3.8) is 0 Å². The summed E-state index contributed by atoms with van der Waals surface area (Å²) >= 11 is 0. The van der Waals surface area contributed by atoms with Gasteiger partial charge in [-0.15, -0.1) is 0 Å². The molecule has 2 rings (SSSR count). The highest BCUT2D eigenvalue weighted by Gasteiger charge is 2.25. The topological polar surface area (TPSA) is 20.3 Å². The van der Waals surface area contributed by atoms with Crippen molar-refractivity contribution < 1.29 is 9.18 Å². The van der Waals surface area contributed by atoms with E-state index in [4.69, 9.17) is 0 Å². The number of hydrogen-bond donors (Lipinski definition) is 0. The van der Waals surface area contributed by atoms with Crippen LogP contribution in [0.4, 0.5) is 10.1 Å². The molecule has 0 N–H and O–H groups in total. The quantitative estimate of drug-likeness (QED) is 0.715. The van der Waals surface area contributed by atoms with Gasteiger partial charge in [0, 0.05) is 12.6 Å². The Morgan fingerprint density at radius 1 is 1.50 bits per heavy atom. The Kier molecular flexibility index (Phi) is 2.95. The molecule has 0 saturated carbocycles. The third-order valence-corrected chi connectivity index (χ3v) is 3.21. The Labute approximate surface area is 95.1 Å². The maximum absolute atomic E-state index is 13.6. The summed E-state index contributed by atoms with van der Waals surface area (Å²) in [5.41, 5.74) is 0.980. The molecular weight excluding hydrogens is 205 g/mol. The first-order chi connectivity index (χ1) is 7.61. The fraction of sp³-hybridized carbons (Fsp3) is 0.462. The summed E-state index contributed by atoms with van der Waals surface area (Å²) in [6.45, 7) is 4.44. The zero-order chi connectivity index (χ0) is 11.7. The van der Waals surface area contributed by atoms with Crippen molar-refractivity contribution in [1.29, 1.82) is 0 Å². The van der Waals surface area contributed by atoms with Gasteiger partial charge in [-0.05, 0) is 38.8 Å². The molecule has 2 nitrogen and oxygen atoms in total. The monoisotopic (exact) mass is 221 g/mol. The number of benzene rings is 1. The van der Waals surface area contributed by atoms with E-state index in [9.17, 15) is 9.18 Å². The number of anilines is 1. The van der Waals surface area contributed by atoms with Crippen molar-refractivity contribution in [1.82, 2.24) is 0 Å². The highest BCUT2D eigenvalue weighted by Crippen LogP contribution is 2.30. The maximum Gasteiger partial charge on any atom is 0.164 e. The molecule has 1 unspecified atom stereocenters. The Balaban J connectivity index is 2.47. The second kappa shape index (κ2) is 4.24. The zero-order valence-electron chi connectivity index (χ0n) is 9.66. The molecule has 1 aromatic rings. The summed E-state index contributed by atoms with van der Waals surface area (Å²) in [7, 11) is 0. The van der Waals surface area contributed by atoms with Crippen molar-refractivity contribution in [3.8, 4) is 0 Å². The van der Waals surface area contributed by atoms with Gasteiger partial charge in [0.25, 0.3) is 0 Å². The number of Topliss-reactive ketones (excluding diaryl/α,β-unsaturated/α-hetero) is 1. The number of hydrogen-bond acceptors (Lipinski definition) is 2. The van der Waals surface area contributed by atoms with Crippen LogP contribution >= 0.6 is 0 Å². The van der Waals surface area contributed by atoms with Gasteiger partial charge in [0.2, 0.25) is 0 Å². The van der Waals surface area contributed by atoms with Gasteiger partial charge in [-0.25, -0.2) is 4.39 Å². The molecule has 86 valence electrons. The fourth-order valence-corrected chi connectivity index (χ4v) is 2.39. The zero-order valence-corrected chi connectivity index (χ0v) is 9.66. The number of ketones is 1. The molecule has 1 aliphatic heterocycles. The molecule has 0 aliphatic carbocycles. The average molecular weight is 221 g/mol. The molecule has 0 amide bonds. The molecule has 0 bridgehead atoms. The molecular formula is C13H16FNO. The third kappa shape index (κ3) is 1.82. The minimum atomic E-state index is -0.413. The van der Waals surface area contributed by atoms with E-state index in [1.165, 1.54) is 13.0 Å². The van der Waals surface area contributed by atoms with Crippen molar-refractivity contribution in [2.75, 3.05) is 11.4 Å². The number of rotatable bonds is 2. The summed E-state index contributed by atoms with van der Waals surface area (Å²) in [5, 5.41) is 0. The van der Waals surface area contributed by atoms with Gasteiger partial charge in [0.1, 0.15) is 5.82 Å². The Hall–Kier alpha value is -1.38. The molecule has 1 aliphatic rings. The van der Waals surface area contributed by atoms with Crippen molar-refractivity contribution in [2.24, 2.45) is 0 Å². The lowest BCUT2D eigenvalue weighted by Gasteiger charge is -2.25. The first-order valence-corrected chi connectivity index (χ1v) is 5.67. The summed E-state index contributed by atoms with van der Waals surface area (Å²) < 4.78 is 13.6. The molecule has 0 aromatic heterocycles. The largest absolute Gasteiger partial charge is 0.368 e. The van der Waals surface area contributed by atoms with E-state index in [-0.39, 0.29) is 11.3 Å². The van der Waals surface area contributed by atoms with Gasteiger partial charge < -0.3 is 4.90 Å². The van der Waals surface area contributed by atoms with Crippen LogP contribution in [-0.4, -0.2) is 18.4 Å². The van der Waals surface area contributed by atoms with E-state index in [0.717, 1.165) is 25.1 Å². The molecule has 0 spiro atoms. The summed E-state index contributed by atoms with van der Waals surface area (Å²) in [6, 6.07) is 5.24. The highest BCUT2D eigenvalue weighted by atomic mass is 19.1.